The normalized spacial score (nSPS) is 19.2. The topological polar surface area (TPSA) is 163 Å². The Morgan fingerprint density at radius 2 is 1.52 bits per heavy atom. The van der Waals surface area contributed by atoms with E-state index >= 15 is 0 Å². The first-order valence-corrected chi connectivity index (χ1v) is 13.0. The number of carboxylic acid groups (broad SMARTS) is 2. The maximum absolute atomic E-state index is 10.9. The molecule has 10 nitrogen and oxygen atoms in total. The van der Waals surface area contributed by atoms with Crippen molar-refractivity contribution in [2.45, 2.75) is 50.6 Å². The van der Waals surface area contributed by atoms with Gasteiger partial charge in [-0.3, -0.25) is 19.4 Å². The zero-order valence-electron chi connectivity index (χ0n) is 19.2. The molecular formula is C22H37N4O6P. The van der Waals surface area contributed by atoms with Gasteiger partial charge >= 0.3 is 11.9 Å². The maximum atomic E-state index is 10.9. The number of nitrogens with zero attached hydrogens (tertiary/aromatic N) is 2. The molecule has 7 N–H and O–H groups in total. The summed E-state index contributed by atoms with van der Waals surface area (Å²) in [5, 5.41) is 29.3. The van der Waals surface area contributed by atoms with Crippen LogP contribution >= 0.6 is 7.92 Å². The zero-order chi connectivity index (χ0) is 24.4. The summed E-state index contributed by atoms with van der Waals surface area (Å²) in [5.74, 6) is -0.972. The number of carboxylic acids is 2. The first-order chi connectivity index (χ1) is 15.7. The van der Waals surface area contributed by atoms with Crippen LogP contribution in [-0.2, 0) is 9.59 Å². The van der Waals surface area contributed by atoms with Gasteiger partial charge in [0.2, 0.25) is 0 Å². The number of hydrogen-bond acceptors (Lipinski definition) is 8. The minimum Gasteiger partial charge on any atom is -0.507 e. The van der Waals surface area contributed by atoms with Crippen LogP contribution in [0.1, 0.15) is 38.5 Å². The van der Waals surface area contributed by atoms with Crippen molar-refractivity contribution in [3.05, 3.63) is 18.2 Å². The number of phenols is 1. The standard InChI is InChI=1S/C22H37N4O6P/c1-32-16-8-9-19(27)20(12-16)33-14-25(10-4-2-6-17(23)21(28)29)13-26(15-33)11-5-3-7-18(24)22(30)31/h8-9,12,17-18,27H,2-7,10-11,13-15,23-24H2,1H3,(H,28,29)(H,30,31). The van der Waals surface area contributed by atoms with Crippen molar-refractivity contribution in [3.8, 4) is 11.5 Å². The molecule has 1 aromatic carbocycles. The first kappa shape index (κ1) is 27.3. The van der Waals surface area contributed by atoms with Crippen molar-refractivity contribution in [1.29, 1.82) is 0 Å². The highest BCUT2D eigenvalue weighted by Crippen LogP contribution is 2.43. The predicted octanol–water partition coefficient (Wildman–Crippen LogP) is 1.16. The van der Waals surface area contributed by atoms with Crippen molar-refractivity contribution in [2.24, 2.45) is 11.5 Å². The lowest BCUT2D eigenvalue weighted by molar-refractivity contribution is -0.139. The molecule has 2 rings (SSSR count). The Balaban J connectivity index is 1.98. The number of carbonyl (C=O) groups is 2. The molecule has 1 heterocycles. The summed E-state index contributed by atoms with van der Waals surface area (Å²) in [6.07, 6.45) is 5.72. The van der Waals surface area contributed by atoms with Gasteiger partial charge in [0.05, 0.1) is 13.8 Å². The van der Waals surface area contributed by atoms with Gasteiger partial charge in [-0.2, -0.15) is 0 Å². The van der Waals surface area contributed by atoms with Gasteiger partial charge in [0.15, 0.2) is 0 Å². The molecule has 0 radical (unpaired) electrons. The molecule has 0 spiro atoms. The van der Waals surface area contributed by atoms with E-state index in [1.54, 1.807) is 19.2 Å². The molecule has 1 aromatic rings. The van der Waals surface area contributed by atoms with E-state index in [4.69, 9.17) is 26.4 Å². The van der Waals surface area contributed by atoms with E-state index in [0.717, 1.165) is 63.3 Å². The predicted molar refractivity (Wildman–Crippen MR) is 128 cm³/mol. The summed E-state index contributed by atoms with van der Waals surface area (Å²) >= 11 is 0. The zero-order valence-corrected chi connectivity index (χ0v) is 20.1. The van der Waals surface area contributed by atoms with Crippen molar-refractivity contribution in [3.63, 3.8) is 0 Å². The molecule has 0 aromatic heterocycles. The van der Waals surface area contributed by atoms with Crippen LogP contribution in [0.5, 0.6) is 11.5 Å². The second-order valence-electron chi connectivity index (χ2n) is 8.49. The third-order valence-corrected chi connectivity index (χ3v) is 8.30. The summed E-state index contributed by atoms with van der Waals surface area (Å²) in [5.41, 5.74) is 11.2. The molecule has 0 amide bonds. The van der Waals surface area contributed by atoms with Crippen LogP contribution in [0.4, 0.5) is 0 Å². The van der Waals surface area contributed by atoms with Gasteiger partial charge in [-0.05, 0) is 64.9 Å². The summed E-state index contributed by atoms with van der Waals surface area (Å²) in [6.45, 7) is 2.41. The van der Waals surface area contributed by atoms with E-state index in [0.29, 0.717) is 18.6 Å². The van der Waals surface area contributed by atoms with Crippen LogP contribution in [0.2, 0.25) is 0 Å². The maximum Gasteiger partial charge on any atom is 0.320 e. The quantitative estimate of drug-likeness (QED) is 0.191. The Kier molecular flexibility index (Phi) is 11.3. The van der Waals surface area contributed by atoms with Crippen LogP contribution in [0.25, 0.3) is 0 Å². The SMILES string of the molecule is COc1ccc(O)c(P2CN(CCCCC(N)C(=O)O)CN(CCCCC(N)C(=O)O)C2)c1. The Bertz CT molecular complexity index is 747. The van der Waals surface area contributed by atoms with Crippen LogP contribution < -0.4 is 21.5 Å². The van der Waals surface area contributed by atoms with E-state index in [9.17, 15) is 14.7 Å². The Morgan fingerprint density at radius 1 is 1.00 bits per heavy atom. The molecule has 1 aliphatic heterocycles. The number of nitrogens with two attached hydrogens (primary N) is 2. The van der Waals surface area contributed by atoms with Crippen LogP contribution in [-0.4, -0.2) is 88.6 Å². The monoisotopic (exact) mass is 484 g/mol. The van der Waals surface area contributed by atoms with Gasteiger partial charge in [-0.15, -0.1) is 0 Å². The van der Waals surface area contributed by atoms with Gasteiger partial charge in [0, 0.05) is 17.9 Å². The van der Waals surface area contributed by atoms with E-state index < -0.39 is 31.9 Å². The second-order valence-corrected chi connectivity index (χ2v) is 10.6. The Labute approximate surface area is 196 Å². The fourth-order valence-electron chi connectivity index (χ4n) is 3.86. The van der Waals surface area contributed by atoms with E-state index in [-0.39, 0.29) is 5.75 Å². The number of aromatic hydroxyl groups is 1. The fourth-order valence-corrected chi connectivity index (χ4v) is 6.39. The number of ether oxygens (including phenoxy) is 1. The molecule has 0 aliphatic carbocycles. The summed E-state index contributed by atoms with van der Waals surface area (Å²) in [6, 6.07) is 3.66. The number of methoxy groups -OCH3 is 1. The van der Waals surface area contributed by atoms with Gasteiger partial charge in [0.25, 0.3) is 0 Å². The molecule has 186 valence electrons. The lowest BCUT2D eigenvalue weighted by Gasteiger charge is -2.41. The number of rotatable bonds is 14. The lowest BCUT2D eigenvalue weighted by atomic mass is 10.1. The van der Waals surface area contributed by atoms with Gasteiger partial charge < -0.3 is 31.5 Å². The van der Waals surface area contributed by atoms with E-state index in [2.05, 4.69) is 9.80 Å². The van der Waals surface area contributed by atoms with Gasteiger partial charge in [-0.25, -0.2) is 0 Å². The van der Waals surface area contributed by atoms with E-state index in [1.165, 1.54) is 0 Å². The molecule has 1 fully saturated rings. The summed E-state index contributed by atoms with van der Waals surface area (Å²) in [7, 11) is 0.913. The number of hydrogen-bond donors (Lipinski definition) is 5. The molecule has 33 heavy (non-hydrogen) atoms. The van der Waals surface area contributed by atoms with E-state index in [1.807, 2.05) is 6.07 Å². The molecule has 0 saturated carbocycles. The van der Waals surface area contributed by atoms with Crippen LogP contribution in [0.3, 0.4) is 0 Å². The Morgan fingerprint density at radius 3 is 1.97 bits per heavy atom. The molecule has 2 atom stereocenters. The van der Waals surface area contributed by atoms with Crippen molar-refractivity contribution in [2.75, 3.05) is 39.4 Å². The molecule has 11 heteroatoms. The first-order valence-electron chi connectivity index (χ1n) is 11.2. The average Bonchev–Trinajstić information content (AvgIpc) is 2.79. The highest BCUT2D eigenvalue weighted by Gasteiger charge is 2.28. The molecular weight excluding hydrogens is 447 g/mol. The number of benzene rings is 1. The van der Waals surface area contributed by atoms with Crippen LogP contribution in [0.15, 0.2) is 18.2 Å². The molecule has 1 saturated heterocycles. The highest BCUT2D eigenvalue weighted by molar-refractivity contribution is 7.65. The van der Waals surface area contributed by atoms with Gasteiger partial charge in [0.1, 0.15) is 23.6 Å². The molecule has 0 bridgehead atoms. The molecule has 2 unspecified atom stereocenters. The highest BCUT2D eigenvalue weighted by atomic mass is 31.1. The third kappa shape index (κ3) is 9.06. The smallest absolute Gasteiger partial charge is 0.320 e. The number of aliphatic carboxylic acids is 2. The third-order valence-electron chi connectivity index (χ3n) is 5.78. The molecule has 1 aliphatic rings. The van der Waals surface area contributed by atoms with Gasteiger partial charge in [-0.1, -0.05) is 12.8 Å². The van der Waals surface area contributed by atoms with Crippen molar-refractivity contribution >= 4 is 25.2 Å². The summed E-state index contributed by atoms with van der Waals surface area (Å²) < 4.78 is 5.35. The minimum absolute atomic E-state index is 0.267. The lowest BCUT2D eigenvalue weighted by Crippen LogP contribution is -2.45. The van der Waals surface area contributed by atoms with Crippen molar-refractivity contribution < 1.29 is 29.6 Å². The van der Waals surface area contributed by atoms with Crippen LogP contribution in [0, 0.1) is 0 Å². The second kappa shape index (κ2) is 13.7. The number of unbranched alkanes of at least 4 members (excludes halogenated alkanes) is 2. The fraction of sp³-hybridized carbons (Fsp3) is 0.636. The Hall–Kier alpha value is -1.97. The largest absolute Gasteiger partial charge is 0.507 e. The summed E-state index contributed by atoms with van der Waals surface area (Å²) in [4.78, 5) is 26.5. The minimum atomic E-state index is -0.973. The number of phenolic OH excluding ortho intramolecular Hbond substituents is 1. The van der Waals surface area contributed by atoms with Crippen molar-refractivity contribution in [1.82, 2.24) is 9.80 Å². The average molecular weight is 485 g/mol.